The molecule has 2 rings (SSSR count). The average Bonchev–Trinajstić information content (AvgIpc) is 2.78. The van der Waals surface area contributed by atoms with Gasteiger partial charge in [-0.2, -0.15) is 13.2 Å². The van der Waals surface area contributed by atoms with Gasteiger partial charge in [-0.3, -0.25) is 4.79 Å². The molecule has 14 heteroatoms. The topological polar surface area (TPSA) is 90.9 Å². The minimum atomic E-state index is -2.01. The van der Waals surface area contributed by atoms with Crippen LogP contribution in [0.1, 0.15) is 39.2 Å². The Balaban J connectivity index is 2.25. The van der Waals surface area contributed by atoms with Crippen LogP contribution in [0.4, 0.5) is 35.5 Å². The minimum absolute atomic E-state index is 0.120. The van der Waals surface area contributed by atoms with Gasteiger partial charge in [-0.1, -0.05) is 0 Å². The number of hydrogen-bond acceptors (Lipinski definition) is 6. The normalized spacial score (nSPS) is 12.1. The van der Waals surface area contributed by atoms with Crippen LogP contribution in [0.15, 0.2) is 12.1 Å². The molecular formula is C23H20F7NO6. The summed E-state index contributed by atoms with van der Waals surface area (Å²) < 4.78 is 110. The number of ether oxygens (including phenoxy) is 3. The molecule has 0 aromatic heterocycles. The lowest BCUT2D eigenvalue weighted by molar-refractivity contribution is -0.138. The van der Waals surface area contributed by atoms with Crippen LogP contribution >= 0.6 is 0 Å². The second kappa shape index (κ2) is 11.5. The lowest BCUT2D eigenvalue weighted by Gasteiger charge is -2.23. The standard InChI is InChI=1S/C23H20F7NO6/c1-9-7-10(24)16(28)19(15(9)27)36-21(33)13(31-22(34)37-23(2,3)4)5-6-14(32)35-20-17(29)11(25)8-12(26)18(20)30/h7-8,13H,5-6H2,1-4H3,(H,31,34). The van der Waals surface area contributed by atoms with Gasteiger partial charge in [0.1, 0.15) is 11.6 Å². The first-order valence-corrected chi connectivity index (χ1v) is 10.4. The number of benzene rings is 2. The first-order valence-electron chi connectivity index (χ1n) is 10.4. The van der Waals surface area contributed by atoms with E-state index in [0.29, 0.717) is 6.07 Å². The van der Waals surface area contributed by atoms with Crippen LogP contribution in [-0.2, 0) is 14.3 Å². The zero-order valence-corrected chi connectivity index (χ0v) is 19.7. The van der Waals surface area contributed by atoms with E-state index in [9.17, 15) is 45.1 Å². The molecule has 0 spiro atoms. The summed E-state index contributed by atoms with van der Waals surface area (Å²) in [6.45, 7) is 5.42. The van der Waals surface area contributed by atoms with Gasteiger partial charge >= 0.3 is 18.0 Å². The van der Waals surface area contributed by atoms with E-state index in [1.165, 1.54) is 20.8 Å². The molecule has 1 N–H and O–H groups in total. The SMILES string of the molecule is Cc1cc(F)c(F)c(OC(=O)C(CCC(=O)Oc2c(F)c(F)cc(F)c2F)NC(=O)OC(C)(C)C)c1F. The van der Waals surface area contributed by atoms with Crippen molar-refractivity contribution in [3.8, 4) is 11.5 Å². The number of hydrogen-bond donors (Lipinski definition) is 1. The number of amides is 1. The molecule has 0 aliphatic carbocycles. The number of rotatable bonds is 7. The molecule has 2 aromatic rings. The van der Waals surface area contributed by atoms with Crippen molar-refractivity contribution in [3.63, 3.8) is 0 Å². The zero-order chi connectivity index (χ0) is 28.2. The molecule has 1 unspecified atom stereocenters. The van der Waals surface area contributed by atoms with Crippen molar-refractivity contribution in [1.29, 1.82) is 0 Å². The molecule has 202 valence electrons. The molecule has 0 heterocycles. The predicted octanol–water partition coefficient (Wildman–Crippen LogP) is 5.15. The van der Waals surface area contributed by atoms with Crippen LogP contribution in [-0.4, -0.2) is 29.7 Å². The van der Waals surface area contributed by atoms with Gasteiger partial charge in [0, 0.05) is 12.5 Å². The predicted molar refractivity (Wildman–Crippen MR) is 111 cm³/mol. The van der Waals surface area contributed by atoms with E-state index in [4.69, 9.17) is 4.74 Å². The summed E-state index contributed by atoms with van der Waals surface area (Å²) in [6, 6.07) is -1.52. The van der Waals surface area contributed by atoms with Crippen LogP contribution in [0.5, 0.6) is 11.5 Å². The van der Waals surface area contributed by atoms with E-state index in [1.54, 1.807) is 0 Å². The monoisotopic (exact) mass is 539 g/mol. The second-order valence-corrected chi connectivity index (χ2v) is 8.56. The maximum Gasteiger partial charge on any atom is 0.408 e. The van der Waals surface area contributed by atoms with Gasteiger partial charge in [-0.15, -0.1) is 0 Å². The summed E-state index contributed by atoms with van der Waals surface area (Å²) >= 11 is 0. The molecule has 0 aliphatic heterocycles. The Morgan fingerprint density at radius 2 is 1.30 bits per heavy atom. The van der Waals surface area contributed by atoms with E-state index in [1.807, 2.05) is 5.32 Å². The Morgan fingerprint density at radius 1 is 0.811 bits per heavy atom. The van der Waals surface area contributed by atoms with Crippen molar-refractivity contribution in [1.82, 2.24) is 5.32 Å². The molecule has 1 atom stereocenters. The molecule has 1 amide bonds. The molecule has 0 radical (unpaired) electrons. The molecule has 37 heavy (non-hydrogen) atoms. The third-order valence-corrected chi connectivity index (χ3v) is 4.40. The molecule has 0 fully saturated rings. The maximum absolute atomic E-state index is 14.2. The number of halogens is 7. The van der Waals surface area contributed by atoms with Gasteiger partial charge in [-0.25, -0.2) is 27.2 Å². The van der Waals surface area contributed by atoms with Gasteiger partial charge in [0.05, 0.1) is 0 Å². The highest BCUT2D eigenvalue weighted by Crippen LogP contribution is 2.28. The number of aryl methyl sites for hydroxylation is 1. The Kier molecular flexibility index (Phi) is 9.12. The fourth-order valence-electron chi connectivity index (χ4n) is 2.73. The molecule has 7 nitrogen and oxygen atoms in total. The largest absolute Gasteiger partial charge is 0.444 e. The summed E-state index contributed by atoms with van der Waals surface area (Å²) in [4.78, 5) is 36.8. The van der Waals surface area contributed by atoms with Gasteiger partial charge in [0.25, 0.3) is 0 Å². The van der Waals surface area contributed by atoms with Crippen molar-refractivity contribution in [2.75, 3.05) is 0 Å². The summed E-state index contributed by atoms with van der Waals surface area (Å²) in [5.41, 5.74) is -1.50. The fraction of sp³-hybridized carbons (Fsp3) is 0.348. The van der Waals surface area contributed by atoms with E-state index in [0.717, 1.165) is 6.92 Å². The fourth-order valence-corrected chi connectivity index (χ4v) is 2.73. The molecule has 0 bridgehead atoms. The van der Waals surface area contributed by atoms with Crippen LogP contribution in [0.25, 0.3) is 0 Å². The van der Waals surface area contributed by atoms with Crippen LogP contribution < -0.4 is 14.8 Å². The van der Waals surface area contributed by atoms with Crippen molar-refractivity contribution in [2.24, 2.45) is 0 Å². The van der Waals surface area contributed by atoms with Crippen LogP contribution in [0.3, 0.4) is 0 Å². The average molecular weight is 539 g/mol. The summed E-state index contributed by atoms with van der Waals surface area (Å²) in [7, 11) is 0. The number of carbonyl (C=O) groups is 3. The Bertz CT molecular complexity index is 1180. The highest BCUT2D eigenvalue weighted by molar-refractivity contribution is 5.84. The van der Waals surface area contributed by atoms with E-state index in [2.05, 4.69) is 9.47 Å². The lowest BCUT2D eigenvalue weighted by atomic mass is 10.1. The Hall–Kier alpha value is -3.84. The third kappa shape index (κ3) is 7.57. The van der Waals surface area contributed by atoms with Gasteiger partial charge in [0.2, 0.25) is 29.0 Å². The van der Waals surface area contributed by atoms with Gasteiger partial charge in [-0.05, 0) is 45.7 Å². The van der Waals surface area contributed by atoms with Crippen LogP contribution in [0, 0.1) is 47.6 Å². The van der Waals surface area contributed by atoms with Gasteiger partial charge < -0.3 is 19.5 Å². The second-order valence-electron chi connectivity index (χ2n) is 8.56. The molecule has 0 aliphatic rings. The molecule has 0 saturated carbocycles. The third-order valence-electron chi connectivity index (χ3n) is 4.40. The van der Waals surface area contributed by atoms with E-state index >= 15 is 0 Å². The lowest BCUT2D eigenvalue weighted by Crippen LogP contribution is -2.45. The van der Waals surface area contributed by atoms with Crippen molar-refractivity contribution >= 4 is 18.0 Å². The highest BCUT2D eigenvalue weighted by atomic mass is 19.2. The number of nitrogens with one attached hydrogen (secondary N) is 1. The quantitative estimate of drug-likeness (QED) is 0.227. The Labute approximate surface area is 205 Å². The highest BCUT2D eigenvalue weighted by Gasteiger charge is 2.30. The number of alkyl carbamates (subject to hydrolysis) is 1. The van der Waals surface area contributed by atoms with Crippen LogP contribution in [0.2, 0.25) is 0 Å². The maximum atomic E-state index is 14.2. The molecular weight excluding hydrogens is 519 g/mol. The summed E-state index contributed by atoms with van der Waals surface area (Å²) in [6.07, 6.45) is -2.97. The summed E-state index contributed by atoms with van der Waals surface area (Å²) in [5.74, 6) is -18.8. The van der Waals surface area contributed by atoms with E-state index in [-0.39, 0.29) is 6.07 Å². The first-order chi connectivity index (χ1) is 17.0. The smallest absolute Gasteiger partial charge is 0.408 e. The molecule has 2 aromatic carbocycles. The Morgan fingerprint density at radius 3 is 1.81 bits per heavy atom. The van der Waals surface area contributed by atoms with E-state index < -0.39 is 100 Å². The van der Waals surface area contributed by atoms with Crippen molar-refractivity contribution < 1.29 is 59.3 Å². The summed E-state index contributed by atoms with van der Waals surface area (Å²) in [5, 5.41) is 1.97. The number of carbonyl (C=O) groups excluding carboxylic acids is 3. The van der Waals surface area contributed by atoms with Gasteiger partial charge in [0.15, 0.2) is 23.3 Å². The minimum Gasteiger partial charge on any atom is -0.444 e. The van der Waals surface area contributed by atoms with Crippen molar-refractivity contribution in [3.05, 3.63) is 58.4 Å². The zero-order valence-electron chi connectivity index (χ0n) is 19.7. The first kappa shape index (κ1) is 29.4. The number of esters is 2. The van der Waals surface area contributed by atoms with Crippen molar-refractivity contribution in [2.45, 2.75) is 52.2 Å². The molecule has 0 saturated heterocycles.